The zero-order valence-corrected chi connectivity index (χ0v) is 9.14. The molecule has 0 aliphatic carbocycles. The summed E-state index contributed by atoms with van der Waals surface area (Å²) < 4.78 is 14.9. The molecular formula is C12H14O4. The van der Waals surface area contributed by atoms with Crippen molar-refractivity contribution in [1.82, 2.24) is 0 Å². The van der Waals surface area contributed by atoms with Crippen molar-refractivity contribution in [3.05, 3.63) is 42.7 Å². The van der Waals surface area contributed by atoms with Gasteiger partial charge in [-0.1, -0.05) is 18.2 Å². The van der Waals surface area contributed by atoms with Gasteiger partial charge in [-0.05, 0) is 25.6 Å². The second kappa shape index (κ2) is 6.50. The number of esters is 1. The van der Waals surface area contributed by atoms with E-state index in [4.69, 9.17) is 9.47 Å². The average Bonchev–Trinajstić information content (AvgIpc) is 2.30. The van der Waals surface area contributed by atoms with Gasteiger partial charge in [-0.15, -0.1) is 0 Å². The van der Waals surface area contributed by atoms with Gasteiger partial charge in [0.25, 0.3) is 0 Å². The van der Waals surface area contributed by atoms with Crippen molar-refractivity contribution in [3.63, 3.8) is 0 Å². The Balaban J connectivity index is 2.26. The largest absolute Gasteiger partial charge is 0.460 e. The molecule has 1 rings (SSSR count). The lowest BCUT2D eigenvalue weighted by atomic mass is 10.3. The Morgan fingerprint density at radius 3 is 2.56 bits per heavy atom. The third-order valence-electron chi connectivity index (χ3n) is 1.71. The van der Waals surface area contributed by atoms with E-state index in [0.717, 1.165) is 0 Å². The van der Waals surface area contributed by atoms with E-state index in [1.165, 1.54) is 0 Å². The van der Waals surface area contributed by atoms with Crippen LogP contribution in [0.2, 0.25) is 0 Å². The van der Waals surface area contributed by atoms with Crippen molar-refractivity contribution >= 4 is 5.97 Å². The first-order valence-corrected chi connectivity index (χ1v) is 4.90. The quantitative estimate of drug-likeness (QED) is 0.320. The van der Waals surface area contributed by atoms with Gasteiger partial charge in [0.15, 0.2) is 0 Å². The highest BCUT2D eigenvalue weighted by Crippen LogP contribution is 2.08. The molecule has 0 spiro atoms. The molecular weight excluding hydrogens is 208 g/mol. The minimum absolute atomic E-state index is 0.0576. The van der Waals surface area contributed by atoms with E-state index in [0.29, 0.717) is 12.4 Å². The number of para-hydroxylation sites is 1. The fourth-order valence-corrected chi connectivity index (χ4v) is 0.956. The topological polar surface area (TPSA) is 44.8 Å². The molecule has 4 heteroatoms. The smallest absolute Gasteiger partial charge is 0.373 e. The minimum atomic E-state index is -0.570. The molecule has 1 aromatic rings. The lowest BCUT2D eigenvalue weighted by molar-refractivity contribution is -0.143. The molecule has 4 nitrogen and oxygen atoms in total. The Labute approximate surface area is 94.4 Å². The van der Waals surface area contributed by atoms with E-state index in [1.54, 1.807) is 19.1 Å². The van der Waals surface area contributed by atoms with Crippen molar-refractivity contribution in [2.24, 2.45) is 0 Å². The highest BCUT2D eigenvalue weighted by molar-refractivity contribution is 5.85. The maximum atomic E-state index is 11.1. The molecule has 0 fully saturated rings. The minimum Gasteiger partial charge on any atom is -0.460 e. The highest BCUT2D eigenvalue weighted by atomic mass is 16.7. The van der Waals surface area contributed by atoms with Crippen molar-refractivity contribution in [2.75, 3.05) is 13.4 Å². The van der Waals surface area contributed by atoms with E-state index in [9.17, 15) is 4.79 Å². The Morgan fingerprint density at radius 1 is 1.25 bits per heavy atom. The maximum Gasteiger partial charge on any atom is 0.373 e. The van der Waals surface area contributed by atoms with Gasteiger partial charge in [0.05, 0.1) is 6.61 Å². The van der Waals surface area contributed by atoms with Gasteiger partial charge in [-0.25, -0.2) is 4.79 Å². The fourth-order valence-electron chi connectivity index (χ4n) is 0.956. The molecule has 0 amide bonds. The summed E-state index contributed by atoms with van der Waals surface area (Å²) >= 11 is 0. The Hall–Kier alpha value is -1.97. The first kappa shape index (κ1) is 12.1. The van der Waals surface area contributed by atoms with Gasteiger partial charge in [0, 0.05) is 0 Å². The molecule has 0 radical (unpaired) electrons. The van der Waals surface area contributed by atoms with Crippen LogP contribution in [0.3, 0.4) is 0 Å². The molecule has 0 atom stereocenters. The lowest BCUT2D eigenvalue weighted by Gasteiger charge is -2.09. The molecule has 0 saturated heterocycles. The maximum absolute atomic E-state index is 11.1. The number of hydrogen-bond donors (Lipinski definition) is 0. The molecule has 0 aromatic heterocycles. The predicted octanol–water partition coefficient (Wildman–Crippen LogP) is 2.12. The molecule has 0 N–H and O–H groups in total. The second-order valence-electron chi connectivity index (χ2n) is 2.86. The van der Waals surface area contributed by atoms with Crippen molar-refractivity contribution in [1.29, 1.82) is 0 Å². The summed E-state index contributed by atoms with van der Waals surface area (Å²) in [5, 5.41) is 0. The molecule has 0 saturated carbocycles. The number of benzene rings is 1. The summed E-state index contributed by atoms with van der Waals surface area (Å²) in [5.74, 6) is 0.0381. The zero-order chi connectivity index (χ0) is 11.8. The van der Waals surface area contributed by atoms with Crippen molar-refractivity contribution in [2.45, 2.75) is 6.92 Å². The number of carbonyl (C=O) groups excluding carboxylic acids is 1. The average molecular weight is 222 g/mol. The predicted molar refractivity (Wildman–Crippen MR) is 58.8 cm³/mol. The van der Waals surface area contributed by atoms with E-state index < -0.39 is 5.97 Å². The normalized spacial score (nSPS) is 9.31. The molecule has 16 heavy (non-hydrogen) atoms. The van der Waals surface area contributed by atoms with Gasteiger partial charge in [-0.2, -0.15) is 0 Å². The van der Waals surface area contributed by atoms with Crippen LogP contribution in [-0.2, 0) is 14.3 Å². The summed E-state index contributed by atoms with van der Waals surface area (Å²) in [6.45, 7) is 5.37. The van der Waals surface area contributed by atoms with E-state index >= 15 is 0 Å². The van der Waals surface area contributed by atoms with Gasteiger partial charge >= 0.3 is 5.97 Å². The summed E-state index contributed by atoms with van der Waals surface area (Å²) in [4.78, 5) is 11.1. The van der Waals surface area contributed by atoms with Gasteiger partial charge in [0.2, 0.25) is 12.6 Å². The van der Waals surface area contributed by atoms with Crippen LogP contribution in [0.1, 0.15) is 6.92 Å². The third-order valence-corrected chi connectivity index (χ3v) is 1.71. The Morgan fingerprint density at radius 2 is 1.94 bits per heavy atom. The first-order chi connectivity index (χ1) is 7.74. The number of rotatable bonds is 6. The molecule has 0 aliphatic heterocycles. The van der Waals surface area contributed by atoms with Crippen LogP contribution in [0.4, 0.5) is 0 Å². The third kappa shape index (κ3) is 4.04. The van der Waals surface area contributed by atoms with Crippen molar-refractivity contribution in [3.8, 4) is 5.75 Å². The van der Waals surface area contributed by atoms with Crippen LogP contribution in [0.25, 0.3) is 0 Å². The van der Waals surface area contributed by atoms with Crippen molar-refractivity contribution < 1.29 is 19.0 Å². The van der Waals surface area contributed by atoms with Gasteiger partial charge in [-0.3, -0.25) is 0 Å². The molecule has 86 valence electrons. The van der Waals surface area contributed by atoms with Crippen LogP contribution in [0, 0.1) is 0 Å². The summed E-state index contributed by atoms with van der Waals surface area (Å²) in [6.07, 6.45) is 0. The van der Waals surface area contributed by atoms with E-state index in [2.05, 4.69) is 11.3 Å². The number of ether oxygens (including phenoxy) is 3. The number of carbonyl (C=O) groups is 1. The Kier molecular flexibility index (Phi) is 4.92. The first-order valence-electron chi connectivity index (χ1n) is 4.90. The summed E-state index contributed by atoms with van der Waals surface area (Å²) in [6, 6.07) is 9.14. The van der Waals surface area contributed by atoms with Crippen LogP contribution < -0.4 is 4.74 Å². The van der Waals surface area contributed by atoms with Gasteiger partial charge < -0.3 is 14.2 Å². The van der Waals surface area contributed by atoms with Crippen LogP contribution in [0.5, 0.6) is 5.75 Å². The fraction of sp³-hybridized carbons (Fsp3) is 0.250. The standard InChI is InChI=1S/C12H14O4/c1-3-14-12(13)10(2)15-9-16-11-7-5-4-6-8-11/h4-8H,2-3,9H2,1H3. The molecule has 0 heterocycles. The van der Waals surface area contributed by atoms with Crippen LogP contribution >= 0.6 is 0 Å². The molecule has 1 aromatic carbocycles. The highest BCUT2D eigenvalue weighted by Gasteiger charge is 2.08. The Bertz CT molecular complexity index is 345. The lowest BCUT2D eigenvalue weighted by Crippen LogP contribution is -2.12. The van der Waals surface area contributed by atoms with E-state index in [1.807, 2.05) is 18.2 Å². The SMILES string of the molecule is C=C(OCOc1ccccc1)C(=O)OCC. The number of hydrogen-bond acceptors (Lipinski definition) is 4. The van der Waals surface area contributed by atoms with Gasteiger partial charge in [0.1, 0.15) is 5.75 Å². The molecule has 0 unspecified atom stereocenters. The summed E-state index contributed by atoms with van der Waals surface area (Å²) in [5.41, 5.74) is 0. The van der Waals surface area contributed by atoms with E-state index in [-0.39, 0.29) is 12.6 Å². The molecule has 0 aliphatic rings. The molecule has 0 bridgehead atoms. The summed E-state index contributed by atoms with van der Waals surface area (Å²) in [7, 11) is 0. The second-order valence-corrected chi connectivity index (χ2v) is 2.86. The zero-order valence-electron chi connectivity index (χ0n) is 9.14. The van der Waals surface area contributed by atoms with Crippen LogP contribution in [0.15, 0.2) is 42.7 Å². The monoisotopic (exact) mass is 222 g/mol. The van der Waals surface area contributed by atoms with Crippen LogP contribution in [-0.4, -0.2) is 19.4 Å².